The third kappa shape index (κ3) is 4.26. The number of nitrogens with one attached hydrogen (secondary N) is 5. The highest BCUT2D eigenvalue weighted by atomic mass is 32.2. The quantitative estimate of drug-likeness (QED) is 0.521. The Bertz CT molecular complexity index is 899. The normalized spacial score (nSPS) is 20.1. The molecule has 1 saturated heterocycles. The number of rotatable bonds is 5. The summed E-state index contributed by atoms with van der Waals surface area (Å²) in [7, 11) is -3.78. The molecule has 3 rings (SSSR count). The molecule has 2 aromatic carbocycles. The maximum Gasteiger partial charge on any atom is 0.246 e. The molecule has 5 N–H and O–H groups in total. The summed E-state index contributed by atoms with van der Waals surface area (Å²) in [5, 5.41) is 2.77. The average molecular weight is 375 g/mol. The SMILES string of the molecule is Cc1ccc(S(=O)(=O)NC2NNNC2C(=O)Nc2cccc(C)c2)cc1. The lowest BCUT2D eigenvalue weighted by atomic mass is 10.2. The number of hydrazine groups is 2. The standard InChI is InChI=1S/C17H21N5O3S/c1-11-6-8-14(9-7-11)26(24,25)21-16-15(19-22-20-16)17(23)18-13-5-3-4-12(2)10-13/h3-10,15-16,19-22H,1-2H3,(H,18,23). The van der Waals surface area contributed by atoms with Gasteiger partial charge in [0.2, 0.25) is 15.9 Å². The van der Waals surface area contributed by atoms with Crippen LogP contribution in [0.4, 0.5) is 5.69 Å². The summed E-state index contributed by atoms with van der Waals surface area (Å²) in [5.74, 6) is -0.371. The second-order valence-electron chi connectivity index (χ2n) is 6.16. The number of aryl methyl sites for hydroxylation is 2. The van der Waals surface area contributed by atoms with Gasteiger partial charge in [0.25, 0.3) is 0 Å². The van der Waals surface area contributed by atoms with Crippen molar-refractivity contribution in [2.45, 2.75) is 31.0 Å². The Morgan fingerprint density at radius 2 is 1.73 bits per heavy atom. The number of amides is 1. The number of benzene rings is 2. The van der Waals surface area contributed by atoms with E-state index in [-0.39, 0.29) is 10.8 Å². The van der Waals surface area contributed by atoms with Gasteiger partial charge in [-0.25, -0.2) is 19.3 Å². The highest BCUT2D eigenvalue weighted by Gasteiger charge is 2.36. The summed E-state index contributed by atoms with van der Waals surface area (Å²) in [6.07, 6.45) is -0.855. The van der Waals surface area contributed by atoms with Crippen molar-refractivity contribution in [3.63, 3.8) is 0 Å². The van der Waals surface area contributed by atoms with Gasteiger partial charge < -0.3 is 5.32 Å². The fourth-order valence-electron chi connectivity index (χ4n) is 2.57. The predicted octanol–water partition coefficient (Wildman–Crippen LogP) is 0.528. The van der Waals surface area contributed by atoms with Gasteiger partial charge in [-0.3, -0.25) is 4.79 Å². The van der Waals surface area contributed by atoms with E-state index >= 15 is 0 Å². The van der Waals surface area contributed by atoms with Crippen molar-refractivity contribution in [2.24, 2.45) is 0 Å². The molecule has 1 aliphatic heterocycles. The molecule has 2 aromatic rings. The Hall–Kier alpha value is -2.30. The maximum absolute atomic E-state index is 12.5. The first-order valence-electron chi connectivity index (χ1n) is 8.08. The number of hydrogen-bond acceptors (Lipinski definition) is 6. The van der Waals surface area contributed by atoms with Crippen LogP contribution < -0.4 is 26.4 Å². The molecule has 0 aliphatic carbocycles. The third-order valence-electron chi connectivity index (χ3n) is 3.97. The number of hydrogen-bond donors (Lipinski definition) is 5. The Morgan fingerprint density at radius 3 is 2.42 bits per heavy atom. The number of carbonyl (C=O) groups is 1. The number of anilines is 1. The first kappa shape index (κ1) is 18.5. The third-order valence-corrected chi connectivity index (χ3v) is 5.43. The van der Waals surface area contributed by atoms with Crippen LogP contribution in [0.2, 0.25) is 0 Å². The first-order chi connectivity index (χ1) is 12.3. The molecule has 1 heterocycles. The van der Waals surface area contributed by atoms with Crippen molar-refractivity contribution >= 4 is 21.6 Å². The van der Waals surface area contributed by atoms with E-state index in [1.54, 1.807) is 18.2 Å². The van der Waals surface area contributed by atoms with E-state index in [0.29, 0.717) is 5.69 Å². The molecule has 0 spiro atoms. The van der Waals surface area contributed by atoms with Crippen molar-refractivity contribution in [1.82, 2.24) is 21.1 Å². The highest BCUT2D eigenvalue weighted by molar-refractivity contribution is 7.89. The minimum Gasteiger partial charge on any atom is -0.325 e. The van der Waals surface area contributed by atoms with Gasteiger partial charge in [-0.1, -0.05) is 29.8 Å². The van der Waals surface area contributed by atoms with Gasteiger partial charge in [0.15, 0.2) is 0 Å². The zero-order valence-electron chi connectivity index (χ0n) is 14.4. The molecule has 1 fully saturated rings. The topological polar surface area (TPSA) is 111 Å². The van der Waals surface area contributed by atoms with E-state index in [9.17, 15) is 13.2 Å². The van der Waals surface area contributed by atoms with Crippen LogP contribution in [0.3, 0.4) is 0 Å². The molecule has 2 atom stereocenters. The van der Waals surface area contributed by atoms with Gasteiger partial charge in [-0.15, -0.1) is 0 Å². The molecule has 8 nitrogen and oxygen atoms in total. The monoisotopic (exact) mass is 375 g/mol. The number of sulfonamides is 1. The van der Waals surface area contributed by atoms with Gasteiger partial charge in [-0.05, 0) is 43.7 Å². The molecule has 0 radical (unpaired) electrons. The molecule has 138 valence electrons. The van der Waals surface area contributed by atoms with Crippen molar-refractivity contribution in [2.75, 3.05) is 5.32 Å². The minimum absolute atomic E-state index is 0.134. The summed E-state index contributed by atoms with van der Waals surface area (Å²) >= 11 is 0. The van der Waals surface area contributed by atoms with Crippen LogP contribution in [0.15, 0.2) is 53.4 Å². The van der Waals surface area contributed by atoms with Crippen molar-refractivity contribution in [3.8, 4) is 0 Å². The Kier molecular flexibility index (Phi) is 5.35. The second kappa shape index (κ2) is 7.52. The summed E-state index contributed by atoms with van der Waals surface area (Å²) in [4.78, 5) is 12.6. The molecular weight excluding hydrogens is 354 g/mol. The van der Waals surface area contributed by atoms with Crippen LogP contribution in [-0.2, 0) is 14.8 Å². The van der Waals surface area contributed by atoms with E-state index < -0.39 is 22.2 Å². The Morgan fingerprint density at radius 1 is 1.00 bits per heavy atom. The second-order valence-corrected chi connectivity index (χ2v) is 7.88. The summed E-state index contributed by atoms with van der Waals surface area (Å²) in [5.41, 5.74) is 10.6. The van der Waals surface area contributed by atoms with Gasteiger partial charge in [-0.2, -0.15) is 10.3 Å². The van der Waals surface area contributed by atoms with Crippen molar-refractivity contribution < 1.29 is 13.2 Å². The molecule has 0 aromatic heterocycles. The minimum atomic E-state index is -3.78. The lowest BCUT2D eigenvalue weighted by Crippen LogP contribution is -2.53. The molecule has 0 saturated carbocycles. The summed E-state index contributed by atoms with van der Waals surface area (Å²) < 4.78 is 27.6. The van der Waals surface area contributed by atoms with Gasteiger partial charge in [0, 0.05) is 5.69 Å². The van der Waals surface area contributed by atoms with Crippen LogP contribution in [0.5, 0.6) is 0 Å². The van der Waals surface area contributed by atoms with Crippen LogP contribution in [0, 0.1) is 13.8 Å². The zero-order chi connectivity index (χ0) is 18.7. The maximum atomic E-state index is 12.5. The summed E-state index contributed by atoms with van der Waals surface area (Å²) in [6.45, 7) is 3.80. The molecular formula is C17H21N5O3S. The molecule has 1 amide bonds. The molecule has 1 aliphatic rings. The van der Waals surface area contributed by atoms with Crippen LogP contribution in [-0.4, -0.2) is 26.5 Å². The Balaban J connectivity index is 1.71. The summed E-state index contributed by atoms with van der Waals surface area (Å²) in [6, 6.07) is 13.0. The molecule has 2 unspecified atom stereocenters. The van der Waals surface area contributed by atoms with Crippen LogP contribution in [0.25, 0.3) is 0 Å². The van der Waals surface area contributed by atoms with Crippen molar-refractivity contribution in [3.05, 3.63) is 59.7 Å². The fraction of sp³-hybridized carbons (Fsp3) is 0.235. The first-order valence-corrected chi connectivity index (χ1v) is 9.56. The predicted molar refractivity (Wildman–Crippen MR) is 98.3 cm³/mol. The smallest absolute Gasteiger partial charge is 0.246 e. The molecule has 9 heteroatoms. The van der Waals surface area contributed by atoms with E-state index in [1.807, 2.05) is 32.0 Å². The van der Waals surface area contributed by atoms with Crippen molar-refractivity contribution in [1.29, 1.82) is 0 Å². The van der Waals surface area contributed by atoms with E-state index in [4.69, 9.17) is 0 Å². The Labute approximate surface area is 152 Å². The van der Waals surface area contributed by atoms with Crippen LogP contribution >= 0.6 is 0 Å². The van der Waals surface area contributed by atoms with Gasteiger partial charge in [0.1, 0.15) is 12.2 Å². The average Bonchev–Trinajstić information content (AvgIpc) is 3.03. The lowest BCUT2D eigenvalue weighted by Gasteiger charge is -2.19. The van der Waals surface area contributed by atoms with Crippen LogP contribution in [0.1, 0.15) is 11.1 Å². The van der Waals surface area contributed by atoms with Gasteiger partial charge >= 0.3 is 0 Å². The zero-order valence-corrected chi connectivity index (χ0v) is 15.2. The fourth-order valence-corrected chi connectivity index (χ4v) is 3.73. The number of carbonyl (C=O) groups excluding carboxylic acids is 1. The molecule has 0 bridgehead atoms. The van der Waals surface area contributed by atoms with Gasteiger partial charge in [0.05, 0.1) is 4.90 Å². The van der Waals surface area contributed by atoms with E-state index in [2.05, 4.69) is 26.4 Å². The highest BCUT2D eigenvalue weighted by Crippen LogP contribution is 2.13. The van der Waals surface area contributed by atoms with E-state index in [0.717, 1.165) is 11.1 Å². The lowest BCUT2D eigenvalue weighted by molar-refractivity contribution is -0.118. The van der Waals surface area contributed by atoms with E-state index in [1.165, 1.54) is 12.1 Å². The largest absolute Gasteiger partial charge is 0.325 e. The molecule has 26 heavy (non-hydrogen) atoms.